The summed E-state index contributed by atoms with van der Waals surface area (Å²) in [5.74, 6) is 1.97. The molecule has 3 N–H and O–H groups in total. The van der Waals surface area contributed by atoms with Crippen molar-refractivity contribution in [2.24, 2.45) is 10.9 Å². The third kappa shape index (κ3) is 3.66. The average molecular weight is 286 g/mol. The Balaban J connectivity index is 2.26. The first-order chi connectivity index (χ1) is 10.1. The largest absolute Gasteiger partial charge is 0.494 e. The maximum absolute atomic E-state index is 8.86. The third-order valence-electron chi connectivity index (χ3n) is 2.88. The van der Waals surface area contributed by atoms with Crippen molar-refractivity contribution in [2.75, 3.05) is 6.61 Å². The maximum Gasteiger partial charge on any atom is 0.173 e. The highest BCUT2D eigenvalue weighted by Gasteiger charge is 2.10. The first-order valence-electron chi connectivity index (χ1n) is 6.63. The summed E-state index contributed by atoms with van der Waals surface area (Å²) in [6.45, 7) is 4.47. The van der Waals surface area contributed by atoms with E-state index >= 15 is 0 Å². The van der Waals surface area contributed by atoms with E-state index in [-0.39, 0.29) is 5.84 Å². The summed E-state index contributed by atoms with van der Waals surface area (Å²) in [6, 6.07) is 12.8. The highest BCUT2D eigenvalue weighted by molar-refractivity contribution is 5.99. The number of aryl methyl sites for hydroxylation is 1. The summed E-state index contributed by atoms with van der Waals surface area (Å²) in [4.78, 5) is 0. The van der Waals surface area contributed by atoms with Gasteiger partial charge in [0.15, 0.2) is 5.84 Å². The van der Waals surface area contributed by atoms with Crippen molar-refractivity contribution in [1.82, 2.24) is 0 Å². The molecule has 5 nitrogen and oxygen atoms in total. The van der Waals surface area contributed by atoms with Gasteiger partial charge in [0.25, 0.3) is 0 Å². The number of hydrogen-bond acceptors (Lipinski definition) is 4. The fourth-order valence-corrected chi connectivity index (χ4v) is 1.88. The van der Waals surface area contributed by atoms with Gasteiger partial charge in [0.1, 0.15) is 17.2 Å². The third-order valence-corrected chi connectivity index (χ3v) is 2.88. The Morgan fingerprint density at radius 3 is 2.43 bits per heavy atom. The normalized spacial score (nSPS) is 11.2. The molecule has 2 rings (SSSR count). The predicted octanol–water partition coefficient (Wildman–Crippen LogP) is 3.28. The van der Waals surface area contributed by atoms with Gasteiger partial charge in [-0.3, -0.25) is 0 Å². The highest BCUT2D eigenvalue weighted by atomic mass is 16.5. The van der Waals surface area contributed by atoms with Crippen LogP contribution in [0.5, 0.6) is 17.2 Å². The summed E-state index contributed by atoms with van der Waals surface area (Å²) >= 11 is 0. The standard InChI is InChI=1S/C16H18N2O3/c1-3-20-12-5-7-13(8-6-12)21-15-9-4-11(2)10-14(15)16(17)18-19/h4-10,19H,3H2,1-2H3,(H2,17,18). The van der Waals surface area contributed by atoms with Gasteiger partial charge in [-0.15, -0.1) is 0 Å². The van der Waals surface area contributed by atoms with Crippen LogP contribution in [0.25, 0.3) is 0 Å². The van der Waals surface area contributed by atoms with Crippen molar-refractivity contribution < 1.29 is 14.7 Å². The molecular weight excluding hydrogens is 268 g/mol. The number of nitrogens with two attached hydrogens (primary N) is 1. The molecule has 0 radical (unpaired) electrons. The monoisotopic (exact) mass is 286 g/mol. The lowest BCUT2D eigenvalue weighted by Gasteiger charge is -2.11. The fraction of sp³-hybridized carbons (Fsp3) is 0.188. The second-order valence-electron chi connectivity index (χ2n) is 4.49. The second kappa shape index (κ2) is 6.65. The molecule has 21 heavy (non-hydrogen) atoms. The van der Waals surface area contributed by atoms with Crippen LogP contribution in [0, 0.1) is 6.92 Å². The topological polar surface area (TPSA) is 77.1 Å². The second-order valence-corrected chi connectivity index (χ2v) is 4.49. The van der Waals surface area contributed by atoms with Crippen LogP contribution in [0.1, 0.15) is 18.1 Å². The van der Waals surface area contributed by atoms with Gasteiger partial charge < -0.3 is 20.4 Å². The minimum Gasteiger partial charge on any atom is -0.494 e. The summed E-state index contributed by atoms with van der Waals surface area (Å²) in [5.41, 5.74) is 7.22. The number of oxime groups is 1. The molecule has 0 unspecified atom stereocenters. The Morgan fingerprint density at radius 1 is 1.14 bits per heavy atom. The Hall–Kier alpha value is -2.69. The zero-order valence-electron chi connectivity index (χ0n) is 12.0. The van der Waals surface area contributed by atoms with Crippen LogP contribution in [-0.2, 0) is 0 Å². The van der Waals surface area contributed by atoms with Crippen LogP contribution in [0.2, 0.25) is 0 Å². The Morgan fingerprint density at radius 2 is 1.81 bits per heavy atom. The van der Waals surface area contributed by atoms with Gasteiger partial charge in [-0.05, 0) is 50.2 Å². The molecule has 5 heteroatoms. The highest BCUT2D eigenvalue weighted by Crippen LogP contribution is 2.27. The van der Waals surface area contributed by atoms with E-state index in [1.54, 1.807) is 24.3 Å². The number of amidine groups is 1. The maximum atomic E-state index is 8.86. The summed E-state index contributed by atoms with van der Waals surface area (Å²) in [7, 11) is 0. The zero-order valence-corrected chi connectivity index (χ0v) is 12.0. The Bertz CT molecular complexity index is 636. The number of benzene rings is 2. The lowest BCUT2D eigenvalue weighted by molar-refractivity contribution is 0.318. The minimum atomic E-state index is 0.0136. The molecule has 0 atom stereocenters. The molecule has 2 aromatic rings. The van der Waals surface area contributed by atoms with E-state index < -0.39 is 0 Å². The number of rotatable bonds is 5. The number of nitrogens with zero attached hydrogens (tertiary/aromatic N) is 1. The first kappa shape index (κ1) is 14.7. The van der Waals surface area contributed by atoms with Gasteiger partial charge in [0.2, 0.25) is 0 Å². The van der Waals surface area contributed by atoms with Crippen LogP contribution in [0.3, 0.4) is 0 Å². The summed E-state index contributed by atoms with van der Waals surface area (Å²) in [5, 5.41) is 11.9. The van der Waals surface area contributed by atoms with Crippen LogP contribution in [0.4, 0.5) is 0 Å². The fourth-order valence-electron chi connectivity index (χ4n) is 1.88. The Kier molecular flexibility index (Phi) is 4.66. The zero-order chi connectivity index (χ0) is 15.2. The lowest BCUT2D eigenvalue weighted by atomic mass is 10.1. The molecular formula is C16H18N2O3. The van der Waals surface area contributed by atoms with Crippen molar-refractivity contribution in [2.45, 2.75) is 13.8 Å². The van der Waals surface area contributed by atoms with E-state index in [0.717, 1.165) is 11.3 Å². The molecule has 110 valence electrons. The van der Waals surface area contributed by atoms with E-state index in [9.17, 15) is 0 Å². The quantitative estimate of drug-likeness (QED) is 0.383. The van der Waals surface area contributed by atoms with Crippen molar-refractivity contribution in [3.63, 3.8) is 0 Å². The molecule has 0 aliphatic carbocycles. The Labute approximate surface area is 123 Å². The van der Waals surface area contributed by atoms with E-state index in [2.05, 4.69) is 5.16 Å². The van der Waals surface area contributed by atoms with E-state index in [4.69, 9.17) is 20.4 Å². The van der Waals surface area contributed by atoms with Gasteiger partial charge in [-0.2, -0.15) is 0 Å². The van der Waals surface area contributed by atoms with Gasteiger partial charge in [0.05, 0.1) is 12.2 Å². The van der Waals surface area contributed by atoms with Gasteiger partial charge in [-0.1, -0.05) is 16.8 Å². The molecule has 0 spiro atoms. The lowest BCUT2D eigenvalue weighted by Crippen LogP contribution is -2.14. The number of hydrogen-bond donors (Lipinski definition) is 2. The molecule has 0 amide bonds. The molecule has 0 aliphatic rings. The van der Waals surface area contributed by atoms with Crippen LogP contribution in [0.15, 0.2) is 47.6 Å². The summed E-state index contributed by atoms with van der Waals surface area (Å²) in [6.07, 6.45) is 0. The molecule has 0 heterocycles. The summed E-state index contributed by atoms with van der Waals surface area (Å²) < 4.78 is 11.2. The SMILES string of the molecule is CCOc1ccc(Oc2ccc(C)cc2/C(N)=N/O)cc1. The van der Waals surface area contributed by atoms with Crippen LogP contribution >= 0.6 is 0 Å². The molecule has 0 saturated carbocycles. The minimum absolute atomic E-state index is 0.0136. The van der Waals surface area contributed by atoms with Crippen molar-refractivity contribution in [3.05, 3.63) is 53.6 Å². The van der Waals surface area contributed by atoms with E-state index in [0.29, 0.717) is 23.7 Å². The van der Waals surface area contributed by atoms with E-state index in [1.807, 2.05) is 32.0 Å². The molecule has 0 bridgehead atoms. The smallest absolute Gasteiger partial charge is 0.173 e. The predicted molar refractivity (Wildman–Crippen MR) is 81.4 cm³/mol. The molecule has 0 fully saturated rings. The van der Waals surface area contributed by atoms with Crippen LogP contribution in [-0.4, -0.2) is 17.6 Å². The van der Waals surface area contributed by atoms with Crippen molar-refractivity contribution in [3.8, 4) is 17.2 Å². The van der Waals surface area contributed by atoms with Crippen molar-refractivity contribution in [1.29, 1.82) is 0 Å². The van der Waals surface area contributed by atoms with Gasteiger partial charge >= 0.3 is 0 Å². The van der Waals surface area contributed by atoms with E-state index in [1.165, 1.54) is 0 Å². The molecule has 0 aromatic heterocycles. The molecule has 0 aliphatic heterocycles. The number of ether oxygens (including phenoxy) is 2. The first-order valence-corrected chi connectivity index (χ1v) is 6.63. The van der Waals surface area contributed by atoms with Crippen LogP contribution < -0.4 is 15.2 Å². The van der Waals surface area contributed by atoms with Crippen molar-refractivity contribution >= 4 is 5.84 Å². The van der Waals surface area contributed by atoms with Gasteiger partial charge in [-0.25, -0.2) is 0 Å². The van der Waals surface area contributed by atoms with Gasteiger partial charge in [0, 0.05) is 0 Å². The average Bonchev–Trinajstić information content (AvgIpc) is 2.50. The molecule has 0 saturated heterocycles. The molecule has 2 aromatic carbocycles.